The van der Waals surface area contributed by atoms with Gasteiger partial charge in [-0.25, -0.2) is 4.31 Å². The highest BCUT2D eigenvalue weighted by atomic mass is 35.5. The molecule has 2 aliphatic rings. The van der Waals surface area contributed by atoms with Crippen LogP contribution in [0.25, 0.3) is 0 Å². The minimum atomic E-state index is -3.63. The second kappa shape index (κ2) is 10.2. The molecule has 2 atom stereocenters. The molecule has 2 aromatic rings. The van der Waals surface area contributed by atoms with Crippen molar-refractivity contribution in [2.45, 2.75) is 32.4 Å². The van der Waals surface area contributed by atoms with Crippen molar-refractivity contribution < 1.29 is 8.42 Å². The number of hydrogen-bond acceptors (Lipinski definition) is 4. The maximum Gasteiger partial charge on any atom is 0.330 e. The molecule has 6 nitrogen and oxygen atoms in total. The number of para-hydroxylation sites is 3. The highest BCUT2D eigenvalue weighted by Crippen LogP contribution is 2.44. The zero-order chi connectivity index (χ0) is 19.7. The Morgan fingerprint density at radius 1 is 0.867 bits per heavy atom. The monoisotopic (exact) mass is 472 g/mol. The Bertz CT molecular complexity index is 920. The smallest absolute Gasteiger partial charge is 0.309 e. The van der Waals surface area contributed by atoms with Crippen molar-refractivity contribution in [1.82, 2.24) is 10.2 Å². The average molecular weight is 473 g/mol. The van der Waals surface area contributed by atoms with Crippen molar-refractivity contribution in [2.24, 2.45) is 0 Å². The number of fused-ring (bicyclic) bond motifs is 1. The van der Waals surface area contributed by atoms with E-state index in [-0.39, 0.29) is 24.8 Å². The lowest BCUT2D eigenvalue weighted by molar-refractivity contribution is 0.173. The number of piperazine rings is 1. The summed E-state index contributed by atoms with van der Waals surface area (Å²) in [5.74, 6) is 0. The van der Waals surface area contributed by atoms with Gasteiger partial charge in [0.1, 0.15) is 0 Å². The molecule has 0 aromatic heterocycles. The van der Waals surface area contributed by atoms with Gasteiger partial charge in [0.2, 0.25) is 0 Å². The molecule has 166 valence electrons. The molecule has 1 saturated heterocycles. The van der Waals surface area contributed by atoms with Crippen LogP contribution in [0.1, 0.15) is 20.3 Å². The van der Waals surface area contributed by atoms with E-state index in [1.165, 1.54) is 4.31 Å². The van der Waals surface area contributed by atoms with E-state index >= 15 is 0 Å². The second-order valence-corrected chi connectivity index (χ2v) is 9.45. The zero-order valence-electron chi connectivity index (χ0n) is 17.3. The average Bonchev–Trinajstić information content (AvgIpc) is 2.88. The number of nitrogens with zero attached hydrogens (tertiary/aromatic N) is 3. The highest BCUT2D eigenvalue weighted by Gasteiger charge is 2.40. The van der Waals surface area contributed by atoms with Crippen LogP contribution in [0.5, 0.6) is 0 Å². The van der Waals surface area contributed by atoms with Crippen molar-refractivity contribution in [1.29, 1.82) is 0 Å². The fourth-order valence-corrected chi connectivity index (χ4v) is 6.08. The summed E-state index contributed by atoms with van der Waals surface area (Å²) in [5.41, 5.74) is 2.15. The minimum Gasteiger partial charge on any atom is -0.309 e. The topological polar surface area (TPSA) is 55.9 Å². The molecule has 2 aliphatic heterocycles. The number of benzene rings is 2. The third kappa shape index (κ3) is 4.86. The van der Waals surface area contributed by atoms with Crippen LogP contribution in [0.4, 0.5) is 17.1 Å². The van der Waals surface area contributed by atoms with Crippen LogP contribution in [-0.4, -0.2) is 51.6 Å². The Hall–Kier alpha value is -1.51. The van der Waals surface area contributed by atoms with Gasteiger partial charge < -0.3 is 10.2 Å². The Morgan fingerprint density at radius 2 is 1.43 bits per heavy atom. The zero-order valence-corrected chi connectivity index (χ0v) is 19.7. The molecule has 2 unspecified atom stereocenters. The molecule has 9 heteroatoms. The Kier molecular flexibility index (Phi) is 8.42. The van der Waals surface area contributed by atoms with E-state index in [1.807, 2.05) is 54.6 Å². The third-order valence-electron chi connectivity index (χ3n) is 5.34. The second-order valence-electron chi connectivity index (χ2n) is 7.75. The van der Waals surface area contributed by atoms with Gasteiger partial charge in [0.25, 0.3) is 0 Å². The number of nitrogens with one attached hydrogen (secondary N) is 1. The molecular formula is C21H30Cl2N4O2S. The summed E-state index contributed by atoms with van der Waals surface area (Å²) in [4.78, 5) is 2.43. The van der Waals surface area contributed by atoms with Crippen LogP contribution in [0.2, 0.25) is 0 Å². The van der Waals surface area contributed by atoms with Crippen LogP contribution >= 0.6 is 24.8 Å². The predicted molar refractivity (Wildman–Crippen MR) is 129 cm³/mol. The normalized spacial score (nSPS) is 22.7. The van der Waals surface area contributed by atoms with Crippen molar-refractivity contribution >= 4 is 52.1 Å². The SMILES string of the molecule is CC1CN(CCCN2c3ccccc3N(c3ccccc3)S2(=O)=O)CC(C)N1.Cl.Cl. The molecule has 0 radical (unpaired) electrons. The van der Waals surface area contributed by atoms with Crippen LogP contribution in [0, 0.1) is 0 Å². The van der Waals surface area contributed by atoms with Crippen LogP contribution < -0.4 is 13.9 Å². The van der Waals surface area contributed by atoms with Gasteiger partial charge in [-0.15, -0.1) is 24.8 Å². The first-order valence-electron chi connectivity index (χ1n) is 9.92. The fourth-order valence-electron chi connectivity index (χ4n) is 4.33. The molecular weight excluding hydrogens is 443 g/mol. The van der Waals surface area contributed by atoms with Crippen molar-refractivity contribution in [3.8, 4) is 0 Å². The van der Waals surface area contributed by atoms with Gasteiger partial charge in [-0.05, 0) is 51.1 Å². The maximum absolute atomic E-state index is 13.4. The number of halogens is 2. The number of anilines is 3. The lowest BCUT2D eigenvalue weighted by atomic mass is 10.1. The van der Waals surface area contributed by atoms with Crippen LogP contribution in [0.15, 0.2) is 54.6 Å². The molecule has 4 rings (SSSR count). The van der Waals surface area contributed by atoms with Crippen molar-refractivity contribution in [2.75, 3.05) is 34.8 Å². The van der Waals surface area contributed by atoms with Gasteiger partial charge in [-0.3, -0.25) is 4.31 Å². The van der Waals surface area contributed by atoms with Gasteiger partial charge in [-0.2, -0.15) is 8.42 Å². The summed E-state index contributed by atoms with van der Waals surface area (Å²) in [6.07, 6.45) is 0.801. The summed E-state index contributed by atoms with van der Waals surface area (Å²) in [6.45, 7) is 7.78. The van der Waals surface area contributed by atoms with Crippen molar-refractivity contribution in [3.63, 3.8) is 0 Å². The van der Waals surface area contributed by atoms with Gasteiger partial charge >= 0.3 is 10.2 Å². The summed E-state index contributed by atoms with van der Waals surface area (Å²) < 4.78 is 29.7. The highest BCUT2D eigenvalue weighted by molar-refractivity contribution is 7.95. The molecule has 2 aromatic carbocycles. The van der Waals surface area contributed by atoms with E-state index in [9.17, 15) is 8.42 Å². The van der Waals surface area contributed by atoms with E-state index in [4.69, 9.17) is 0 Å². The van der Waals surface area contributed by atoms with Gasteiger partial charge in [0.15, 0.2) is 0 Å². The summed E-state index contributed by atoms with van der Waals surface area (Å²) in [5, 5.41) is 3.54. The van der Waals surface area contributed by atoms with Gasteiger partial charge in [0, 0.05) is 31.7 Å². The fraction of sp³-hybridized carbons (Fsp3) is 0.429. The van der Waals surface area contributed by atoms with E-state index in [0.29, 0.717) is 24.3 Å². The minimum absolute atomic E-state index is 0. The van der Waals surface area contributed by atoms with Crippen LogP contribution in [0.3, 0.4) is 0 Å². The van der Waals surface area contributed by atoms with Gasteiger partial charge in [0.05, 0.1) is 17.1 Å². The summed E-state index contributed by atoms with van der Waals surface area (Å²) >= 11 is 0. The van der Waals surface area contributed by atoms with E-state index < -0.39 is 10.2 Å². The molecule has 30 heavy (non-hydrogen) atoms. The first-order chi connectivity index (χ1) is 13.5. The molecule has 1 fully saturated rings. The summed E-state index contributed by atoms with van der Waals surface area (Å²) in [7, 11) is -3.63. The third-order valence-corrected chi connectivity index (χ3v) is 7.14. The lowest BCUT2D eigenvalue weighted by Crippen LogP contribution is -2.54. The van der Waals surface area contributed by atoms with E-state index in [0.717, 1.165) is 37.4 Å². The predicted octanol–water partition coefficient (Wildman–Crippen LogP) is 3.81. The molecule has 0 aliphatic carbocycles. The van der Waals surface area contributed by atoms with E-state index in [2.05, 4.69) is 24.1 Å². The molecule has 0 bridgehead atoms. The molecule has 0 amide bonds. The number of rotatable bonds is 5. The lowest BCUT2D eigenvalue weighted by Gasteiger charge is -2.36. The standard InChI is InChI=1S/C21H28N4O2S.2ClH/c1-17-15-23(16-18(2)22-17)13-8-14-24-20-11-6-7-12-21(20)25(28(24,26)27)19-9-4-3-5-10-19;;/h3-7,9-12,17-18,22H,8,13-16H2,1-2H3;2*1H. The van der Waals surface area contributed by atoms with Crippen LogP contribution in [-0.2, 0) is 10.2 Å². The van der Waals surface area contributed by atoms with Gasteiger partial charge in [-0.1, -0.05) is 30.3 Å². The van der Waals surface area contributed by atoms with E-state index in [1.54, 1.807) is 4.31 Å². The Labute approximate surface area is 192 Å². The largest absolute Gasteiger partial charge is 0.330 e. The quantitative estimate of drug-likeness (QED) is 0.718. The molecule has 1 N–H and O–H groups in total. The first kappa shape index (κ1) is 24.8. The molecule has 0 spiro atoms. The number of hydrogen-bond donors (Lipinski definition) is 1. The first-order valence-corrected chi connectivity index (χ1v) is 11.3. The molecule has 2 heterocycles. The van der Waals surface area contributed by atoms with Crippen molar-refractivity contribution in [3.05, 3.63) is 54.6 Å². The Morgan fingerprint density at radius 3 is 2.07 bits per heavy atom. The summed E-state index contributed by atoms with van der Waals surface area (Å²) in [6, 6.07) is 17.8. The maximum atomic E-state index is 13.4. The Balaban J connectivity index is 0.00000160. The molecule has 0 saturated carbocycles.